The van der Waals surface area contributed by atoms with Gasteiger partial charge in [-0.3, -0.25) is 0 Å². The second kappa shape index (κ2) is 6.87. The summed E-state index contributed by atoms with van der Waals surface area (Å²) in [6.45, 7) is 6.12. The monoisotopic (exact) mass is 293 g/mol. The zero-order valence-electron chi connectivity index (χ0n) is 11.9. The van der Waals surface area contributed by atoms with Gasteiger partial charge in [-0.2, -0.15) is 0 Å². The van der Waals surface area contributed by atoms with E-state index >= 15 is 0 Å². The number of nitrogens with one attached hydrogen (secondary N) is 2. The molecule has 0 bridgehead atoms. The molecule has 1 saturated carbocycles. The maximum absolute atomic E-state index is 10.6. The van der Waals surface area contributed by atoms with Crippen LogP contribution in [-0.4, -0.2) is 45.1 Å². The molecule has 1 fully saturated rings. The van der Waals surface area contributed by atoms with Gasteiger partial charge in [-0.05, 0) is 26.2 Å². The van der Waals surface area contributed by atoms with Crippen LogP contribution in [-0.2, 0) is 4.74 Å². The van der Waals surface area contributed by atoms with E-state index in [0.29, 0.717) is 30.4 Å². The van der Waals surface area contributed by atoms with Crippen LogP contribution < -0.4 is 10.6 Å². The number of rotatable bonds is 6. The van der Waals surface area contributed by atoms with Gasteiger partial charge < -0.3 is 20.5 Å². The molecule has 21 heavy (non-hydrogen) atoms. The van der Waals surface area contributed by atoms with Gasteiger partial charge in [-0.15, -0.1) is 10.2 Å². The van der Waals surface area contributed by atoms with Crippen LogP contribution in [0.3, 0.4) is 0 Å². The zero-order valence-corrected chi connectivity index (χ0v) is 11.9. The van der Waals surface area contributed by atoms with Crippen molar-refractivity contribution in [1.82, 2.24) is 20.5 Å². The third-order valence-electron chi connectivity index (χ3n) is 3.26. The molecule has 2 rings (SSSR count). The van der Waals surface area contributed by atoms with E-state index in [2.05, 4.69) is 32.4 Å². The highest BCUT2D eigenvalue weighted by Crippen LogP contribution is 2.21. The fraction of sp³-hybridized carbons (Fsp3) is 0.538. The summed E-state index contributed by atoms with van der Waals surface area (Å²) in [6.07, 6.45) is 2.94. The third-order valence-corrected chi connectivity index (χ3v) is 3.26. The second-order valence-corrected chi connectivity index (χ2v) is 4.82. The molecule has 3 N–H and O–H groups in total. The van der Waals surface area contributed by atoms with Crippen molar-refractivity contribution in [3.8, 4) is 0 Å². The summed E-state index contributed by atoms with van der Waals surface area (Å²) < 4.78 is 5.23. The lowest BCUT2D eigenvalue weighted by molar-refractivity contribution is 0.190. The molecule has 0 radical (unpaired) electrons. The summed E-state index contributed by atoms with van der Waals surface area (Å²) in [6, 6.07) is 0.120. The van der Waals surface area contributed by atoms with E-state index in [9.17, 15) is 4.79 Å². The van der Waals surface area contributed by atoms with Crippen molar-refractivity contribution < 1.29 is 14.6 Å². The SMILES string of the molecule is C=C(OCC)c1cnc(N[C@H]2CC[C@H](NC(=O)O)C2)nn1. The maximum atomic E-state index is 10.6. The summed E-state index contributed by atoms with van der Waals surface area (Å²) in [7, 11) is 0. The second-order valence-electron chi connectivity index (χ2n) is 4.82. The Bertz CT molecular complexity index is 505. The van der Waals surface area contributed by atoms with Crippen LogP contribution in [0.2, 0.25) is 0 Å². The molecule has 1 amide bonds. The van der Waals surface area contributed by atoms with Crippen LogP contribution in [0.1, 0.15) is 31.9 Å². The van der Waals surface area contributed by atoms with Crippen LogP contribution in [0.15, 0.2) is 12.8 Å². The Morgan fingerprint density at radius 1 is 1.48 bits per heavy atom. The largest absolute Gasteiger partial charge is 0.492 e. The highest BCUT2D eigenvalue weighted by atomic mass is 16.5. The molecular formula is C13H19N5O3. The number of hydrogen-bond donors (Lipinski definition) is 3. The fourth-order valence-electron chi connectivity index (χ4n) is 2.32. The minimum Gasteiger partial charge on any atom is -0.492 e. The number of amides is 1. The van der Waals surface area contributed by atoms with Gasteiger partial charge in [0.05, 0.1) is 12.8 Å². The summed E-state index contributed by atoms with van der Waals surface area (Å²) in [5, 5.41) is 22.3. The molecule has 114 valence electrons. The molecule has 0 unspecified atom stereocenters. The van der Waals surface area contributed by atoms with E-state index in [1.54, 1.807) is 6.20 Å². The third kappa shape index (κ3) is 4.30. The number of anilines is 1. The maximum Gasteiger partial charge on any atom is 0.404 e. The van der Waals surface area contributed by atoms with Gasteiger partial charge in [-0.25, -0.2) is 9.78 Å². The van der Waals surface area contributed by atoms with Gasteiger partial charge >= 0.3 is 6.09 Å². The molecule has 1 aliphatic rings. The smallest absolute Gasteiger partial charge is 0.404 e. The van der Waals surface area contributed by atoms with Gasteiger partial charge in [0.15, 0.2) is 0 Å². The van der Waals surface area contributed by atoms with E-state index in [0.717, 1.165) is 12.8 Å². The van der Waals surface area contributed by atoms with E-state index in [-0.39, 0.29) is 12.1 Å². The number of carbonyl (C=O) groups is 1. The van der Waals surface area contributed by atoms with Crippen molar-refractivity contribution in [2.45, 2.75) is 38.3 Å². The minimum atomic E-state index is -0.989. The standard InChI is InChI=1S/C13H19N5O3/c1-3-21-8(2)11-7-14-12(18-17-11)15-9-4-5-10(6-9)16-13(19)20/h7,9-10,16H,2-6H2,1H3,(H,19,20)(H,14,15,18)/t9-,10-/m0/s1. The Morgan fingerprint density at radius 3 is 2.86 bits per heavy atom. The molecule has 8 nitrogen and oxygen atoms in total. The van der Waals surface area contributed by atoms with Crippen LogP contribution in [0, 0.1) is 0 Å². The number of hydrogen-bond acceptors (Lipinski definition) is 6. The number of aromatic nitrogens is 3. The average Bonchev–Trinajstić information content (AvgIpc) is 2.86. The molecule has 0 aromatic carbocycles. The Hall–Kier alpha value is -2.38. The Morgan fingerprint density at radius 2 is 2.24 bits per heavy atom. The summed E-state index contributed by atoms with van der Waals surface area (Å²) in [5.41, 5.74) is 0.499. The molecule has 0 saturated heterocycles. The normalized spacial score (nSPS) is 20.8. The predicted octanol–water partition coefficient (Wildman–Crippen LogP) is 1.48. The average molecular weight is 293 g/mol. The van der Waals surface area contributed by atoms with Crippen LogP contribution in [0.25, 0.3) is 5.76 Å². The molecule has 0 spiro atoms. The van der Waals surface area contributed by atoms with Crippen molar-refractivity contribution in [2.75, 3.05) is 11.9 Å². The zero-order chi connectivity index (χ0) is 15.2. The lowest BCUT2D eigenvalue weighted by Gasteiger charge is -2.13. The van der Waals surface area contributed by atoms with E-state index in [4.69, 9.17) is 9.84 Å². The van der Waals surface area contributed by atoms with Gasteiger partial charge in [0.25, 0.3) is 0 Å². The Kier molecular flexibility index (Phi) is 4.91. The molecule has 0 aliphatic heterocycles. The predicted molar refractivity (Wildman–Crippen MR) is 76.7 cm³/mol. The highest BCUT2D eigenvalue weighted by molar-refractivity contribution is 5.64. The summed E-state index contributed by atoms with van der Waals surface area (Å²) >= 11 is 0. The quantitative estimate of drug-likeness (QED) is 0.681. The summed E-state index contributed by atoms with van der Waals surface area (Å²) in [4.78, 5) is 14.8. The van der Waals surface area contributed by atoms with E-state index < -0.39 is 6.09 Å². The minimum absolute atomic E-state index is 0.0232. The molecule has 1 aromatic rings. The van der Waals surface area contributed by atoms with Crippen LogP contribution in [0.5, 0.6) is 0 Å². The van der Waals surface area contributed by atoms with Gasteiger partial charge in [-0.1, -0.05) is 6.58 Å². The first-order chi connectivity index (χ1) is 10.1. The first-order valence-corrected chi connectivity index (χ1v) is 6.86. The molecule has 1 heterocycles. The van der Waals surface area contributed by atoms with Crippen LogP contribution in [0.4, 0.5) is 10.7 Å². The number of ether oxygens (including phenoxy) is 1. The van der Waals surface area contributed by atoms with Crippen molar-refractivity contribution in [3.05, 3.63) is 18.5 Å². The summed E-state index contributed by atoms with van der Waals surface area (Å²) in [5.74, 6) is 0.861. The van der Waals surface area contributed by atoms with Crippen molar-refractivity contribution in [3.63, 3.8) is 0 Å². The van der Waals surface area contributed by atoms with Crippen molar-refractivity contribution in [2.24, 2.45) is 0 Å². The lowest BCUT2D eigenvalue weighted by Crippen LogP contribution is -2.32. The highest BCUT2D eigenvalue weighted by Gasteiger charge is 2.26. The first-order valence-electron chi connectivity index (χ1n) is 6.86. The number of nitrogens with zero attached hydrogens (tertiary/aromatic N) is 3. The van der Waals surface area contributed by atoms with E-state index in [1.807, 2.05) is 6.92 Å². The first kappa shape index (κ1) is 15.0. The lowest BCUT2D eigenvalue weighted by atomic mass is 10.2. The van der Waals surface area contributed by atoms with Crippen LogP contribution >= 0.6 is 0 Å². The van der Waals surface area contributed by atoms with Gasteiger partial charge in [0, 0.05) is 12.1 Å². The molecule has 8 heteroatoms. The molecule has 1 aromatic heterocycles. The Labute approximate surface area is 122 Å². The molecule has 1 aliphatic carbocycles. The molecule has 2 atom stereocenters. The molecular weight excluding hydrogens is 274 g/mol. The van der Waals surface area contributed by atoms with Crippen molar-refractivity contribution in [1.29, 1.82) is 0 Å². The Balaban J connectivity index is 1.86. The van der Waals surface area contributed by atoms with Gasteiger partial charge in [0.2, 0.25) is 5.95 Å². The van der Waals surface area contributed by atoms with Crippen molar-refractivity contribution >= 4 is 17.8 Å². The van der Waals surface area contributed by atoms with Gasteiger partial charge in [0.1, 0.15) is 11.5 Å². The van der Waals surface area contributed by atoms with E-state index in [1.165, 1.54) is 0 Å². The fourth-order valence-corrected chi connectivity index (χ4v) is 2.32. The topological polar surface area (TPSA) is 109 Å². The number of carboxylic acid groups (broad SMARTS) is 1.